The summed E-state index contributed by atoms with van der Waals surface area (Å²) >= 11 is 0. The SMILES string of the molecule is CC.CC.CN.CO.CO[C@H](CO)C(O)CC(N)OC1CC[C@@H](NC[C@@H](O)CCN)C(OCCNCCc2ccccc2)C1.NCC1OC(O)C(N)CC1O.OCC1C[C@@H](O)C(O)O1. The Morgan fingerprint density at radius 2 is 1.50 bits per heavy atom. The van der Waals surface area contributed by atoms with Crippen LogP contribution in [-0.2, 0) is 30.1 Å². The van der Waals surface area contributed by atoms with E-state index < -0.39 is 67.6 Å². The van der Waals surface area contributed by atoms with E-state index in [9.17, 15) is 20.4 Å². The quantitative estimate of drug-likeness (QED) is 0.0429. The molecular weight excluding hydrogens is 839 g/mol. The number of rotatable bonds is 21. The van der Waals surface area contributed by atoms with E-state index in [0.29, 0.717) is 45.4 Å². The van der Waals surface area contributed by atoms with Crippen LogP contribution in [0.15, 0.2) is 30.3 Å². The molecule has 64 heavy (non-hydrogen) atoms. The van der Waals surface area contributed by atoms with Crippen LogP contribution < -0.4 is 39.3 Å². The van der Waals surface area contributed by atoms with E-state index in [2.05, 4.69) is 33.2 Å². The van der Waals surface area contributed by atoms with E-state index in [1.807, 2.05) is 45.9 Å². The molecule has 0 aromatic heterocycles. The monoisotopic (exact) mass is 932 g/mol. The lowest BCUT2D eigenvalue weighted by molar-refractivity contribution is -0.204. The fourth-order valence-electron chi connectivity index (χ4n) is 6.52. The topological polar surface area (TPSA) is 382 Å². The van der Waals surface area contributed by atoms with Gasteiger partial charge in [-0.15, -0.1) is 0 Å². The van der Waals surface area contributed by atoms with E-state index in [0.717, 1.165) is 39.5 Å². The standard InChI is InChI=1S/C26H48N4O6.C6H14N2O3.C5H10O4.2C2H6.CH5N.CH4O/c1-34-25(18-31)23(33)16-26(28)36-21-7-8-22(30-17-20(32)9-11-27)24(15-21)35-14-13-29-12-10-19-5-3-2-4-6-19;7-2-5-4(9)1-3(8)6(10)11-5;6-2-3-1-4(7)5(8)9-3;4*1-2/h2-6,20-26,29-33H,7-18,27-28H2,1H3;3-6,9-10H,1-2,7-8H2;3-8H,1-2H2;2*1-2H3;2H2,1H3;2H,1H3/t20-,21?,22+,23?,24?,25+,26?;;3?,4-,5?;;;;/m0.1..../s1. The van der Waals surface area contributed by atoms with Crippen LogP contribution in [0.2, 0.25) is 0 Å². The summed E-state index contributed by atoms with van der Waals surface area (Å²) in [7, 11) is 3.94. The van der Waals surface area contributed by atoms with Crippen molar-refractivity contribution in [1.82, 2.24) is 10.6 Å². The van der Waals surface area contributed by atoms with E-state index in [1.165, 1.54) is 19.7 Å². The largest absolute Gasteiger partial charge is 0.400 e. The number of ether oxygens (including phenoxy) is 5. The van der Waals surface area contributed by atoms with Crippen LogP contribution in [0.5, 0.6) is 0 Å². The molecule has 1 aliphatic carbocycles. The summed E-state index contributed by atoms with van der Waals surface area (Å²) in [6, 6.07) is 9.95. The van der Waals surface area contributed by atoms with Crippen molar-refractivity contribution in [2.24, 2.45) is 28.7 Å². The van der Waals surface area contributed by atoms with Crippen molar-refractivity contribution in [1.29, 1.82) is 0 Å². The molecule has 0 amide bonds. The fourth-order valence-corrected chi connectivity index (χ4v) is 6.52. The number of benzene rings is 1. The van der Waals surface area contributed by atoms with E-state index in [4.69, 9.17) is 67.4 Å². The van der Waals surface area contributed by atoms with Gasteiger partial charge in [0.25, 0.3) is 0 Å². The smallest absolute Gasteiger partial charge is 0.181 e. The third-order valence-electron chi connectivity index (χ3n) is 9.88. The van der Waals surface area contributed by atoms with Crippen LogP contribution in [0, 0.1) is 0 Å². The molecule has 3 fully saturated rings. The van der Waals surface area contributed by atoms with Gasteiger partial charge in [-0.05, 0) is 57.8 Å². The zero-order valence-corrected chi connectivity index (χ0v) is 39.7. The third-order valence-corrected chi connectivity index (χ3v) is 9.88. The highest BCUT2D eigenvalue weighted by Crippen LogP contribution is 2.26. The van der Waals surface area contributed by atoms with Crippen molar-refractivity contribution in [2.75, 3.05) is 73.8 Å². The molecular formula is C43H93N7O14. The summed E-state index contributed by atoms with van der Waals surface area (Å²) < 4.78 is 26.9. The highest BCUT2D eigenvalue weighted by Gasteiger charge is 2.35. The van der Waals surface area contributed by atoms with Gasteiger partial charge in [-0.3, -0.25) is 0 Å². The number of hydrogen-bond acceptors (Lipinski definition) is 21. The minimum Gasteiger partial charge on any atom is -0.400 e. The molecule has 1 aromatic carbocycles. The predicted octanol–water partition coefficient (Wildman–Crippen LogP) is -3.09. The number of hydrogen-bond donors (Lipinski definition) is 16. The van der Waals surface area contributed by atoms with Crippen LogP contribution in [-0.4, -0.2) is 206 Å². The Balaban J connectivity index is -0.00000107. The minimum absolute atomic E-state index is 0.0916. The molecule has 0 radical (unpaired) electrons. The van der Waals surface area contributed by atoms with Crippen molar-refractivity contribution < 1.29 is 69.6 Å². The Morgan fingerprint density at radius 3 is 2.02 bits per heavy atom. The molecule has 21 N–H and O–H groups in total. The van der Waals surface area contributed by atoms with Gasteiger partial charge in [-0.2, -0.15) is 0 Å². The van der Waals surface area contributed by atoms with Crippen LogP contribution in [0.4, 0.5) is 0 Å². The molecule has 2 saturated heterocycles. The van der Waals surface area contributed by atoms with Gasteiger partial charge in [-0.1, -0.05) is 58.0 Å². The summed E-state index contributed by atoms with van der Waals surface area (Å²) in [6.07, 6.45) is -2.82. The maximum absolute atomic E-state index is 10.2. The van der Waals surface area contributed by atoms with Crippen LogP contribution in [0.1, 0.15) is 78.2 Å². The van der Waals surface area contributed by atoms with Gasteiger partial charge in [-0.25, -0.2) is 0 Å². The molecule has 0 bridgehead atoms. The summed E-state index contributed by atoms with van der Waals surface area (Å²) in [5.74, 6) is 0. The molecule has 10 unspecified atom stereocenters. The highest BCUT2D eigenvalue weighted by molar-refractivity contribution is 5.14. The summed E-state index contributed by atoms with van der Waals surface area (Å²) in [5.41, 5.74) is 28.2. The first-order valence-electron chi connectivity index (χ1n) is 22.7. The second kappa shape index (κ2) is 43.9. The molecule has 0 spiro atoms. The summed E-state index contributed by atoms with van der Waals surface area (Å²) in [4.78, 5) is 0. The Labute approximate surface area is 382 Å². The Kier molecular flexibility index (Phi) is 45.7. The lowest BCUT2D eigenvalue weighted by Crippen LogP contribution is -2.53. The first kappa shape index (κ1) is 66.7. The van der Waals surface area contributed by atoms with E-state index in [-0.39, 0.29) is 44.4 Å². The highest BCUT2D eigenvalue weighted by atomic mass is 16.6. The molecule has 21 heteroatoms. The molecule has 14 atom stereocenters. The van der Waals surface area contributed by atoms with Crippen molar-refractivity contribution >= 4 is 0 Å². The average molecular weight is 932 g/mol. The molecule has 4 rings (SSSR count). The maximum Gasteiger partial charge on any atom is 0.181 e. The summed E-state index contributed by atoms with van der Waals surface area (Å²) in [5, 5.41) is 87.8. The molecule has 2 aliphatic heterocycles. The van der Waals surface area contributed by atoms with Gasteiger partial charge in [0.1, 0.15) is 18.4 Å². The maximum atomic E-state index is 10.2. The van der Waals surface area contributed by atoms with E-state index in [1.54, 1.807) is 0 Å². The van der Waals surface area contributed by atoms with Gasteiger partial charge in [0.2, 0.25) is 0 Å². The summed E-state index contributed by atoms with van der Waals surface area (Å²) in [6.45, 7) is 10.9. The molecule has 1 aromatic rings. The van der Waals surface area contributed by atoms with Crippen molar-refractivity contribution in [2.45, 2.75) is 165 Å². The molecule has 1 saturated carbocycles. The first-order chi connectivity index (χ1) is 30.8. The zero-order chi connectivity index (χ0) is 49.5. The Morgan fingerprint density at radius 1 is 0.859 bits per heavy atom. The lowest BCUT2D eigenvalue weighted by Gasteiger charge is -2.38. The van der Waals surface area contributed by atoms with Crippen LogP contribution in [0.25, 0.3) is 0 Å². The molecule has 384 valence electrons. The molecule has 2 heterocycles. The third kappa shape index (κ3) is 29.9. The Bertz CT molecular complexity index is 1110. The van der Waals surface area contributed by atoms with Crippen LogP contribution >= 0.6 is 0 Å². The number of methoxy groups -OCH3 is 1. The van der Waals surface area contributed by atoms with Gasteiger partial charge in [0, 0.05) is 59.2 Å². The lowest BCUT2D eigenvalue weighted by atomic mass is 9.89. The molecule has 21 nitrogen and oxygen atoms in total. The minimum atomic E-state index is -1.11. The van der Waals surface area contributed by atoms with Crippen molar-refractivity contribution in [3.63, 3.8) is 0 Å². The predicted molar refractivity (Wildman–Crippen MR) is 248 cm³/mol. The second-order valence-corrected chi connectivity index (χ2v) is 14.4. The number of aliphatic hydroxyl groups is 9. The normalized spacial score (nSPS) is 27.8. The van der Waals surface area contributed by atoms with Crippen molar-refractivity contribution in [3.8, 4) is 0 Å². The number of nitrogens with one attached hydrogen (secondary N) is 2. The van der Waals surface area contributed by atoms with Gasteiger partial charge < -0.3 is 109 Å². The fraction of sp³-hybridized carbons (Fsp3) is 0.860. The number of nitrogens with two attached hydrogens (primary N) is 5. The van der Waals surface area contributed by atoms with Gasteiger partial charge in [0.05, 0.1) is 68.6 Å². The molecule has 3 aliphatic rings. The second-order valence-electron chi connectivity index (χ2n) is 14.4. The van der Waals surface area contributed by atoms with Crippen LogP contribution in [0.3, 0.4) is 0 Å². The number of aliphatic hydroxyl groups excluding tert-OH is 9. The average Bonchev–Trinajstić information content (AvgIpc) is 3.65. The van der Waals surface area contributed by atoms with Crippen molar-refractivity contribution in [3.05, 3.63) is 35.9 Å². The zero-order valence-electron chi connectivity index (χ0n) is 39.7. The first-order valence-corrected chi connectivity index (χ1v) is 22.7. The Hall–Kier alpha value is -1.62. The van der Waals surface area contributed by atoms with Gasteiger partial charge in [0.15, 0.2) is 12.6 Å². The van der Waals surface area contributed by atoms with Gasteiger partial charge >= 0.3 is 0 Å². The van der Waals surface area contributed by atoms with E-state index >= 15 is 0 Å².